The van der Waals surface area contributed by atoms with E-state index < -0.39 is 11.8 Å². The number of fused-ring (bicyclic) bond motifs is 1. The van der Waals surface area contributed by atoms with Crippen LogP contribution in [0.3, 0.4) is 0 Å². The van der Waals surface area contributed by atoms with E-state index in [0.717, 1.165) is 26.4 Å². The summed E-state index contributed by atoms with van der Waals surface area (Å²) in [7, 11) is 0. The van der Waals surface area contributed by atoms with Crippen molar-refractivity contribution < 1.29 is 14.4 Å². The molecule has 0 bridgehead atoms. The van der Waals surface area contributed by atoms with Crippen LogP contribution in [0, 0.1) is 6.92 Å². The smallest absolute Gasteiger partial charge is 0.272 e. The third-order valence-electron chi connectivity index (χ3n) is 6.00. The summed E-state index contributed by atoms with van der Waals surface area (Å²) in [5, 5.41) is 18.0. The molecule has 1 atom stereocenters. The van der Waals surface area contributed by atoms with Crippen LogP contribution in [0.15, 0.2) is 95.7 Å². The lowest BCUT2D eigenvalue weighted by Crippen LogP contribution is -2.30. The number of nitrogens with zero attached hydrogens (tertiary/aromatic N) is 2. The van der Waals surface area contributed by atoms with Gasteiger partial charge in [-0.25, -0.2) is 0 Å². The number of amides is 3. The lowest BCUT2D eigenvalue weighted by atomic mass is 10.1. The van der Waals surface area contributed by atoms with Gasteiger partial charge in [-0.15, -0.1) is 22.0 Å². The molecule has 11 heteroatoms. The minimum atomic E-state index is -0.472. The highest BCUT2D eigenvalue weighted by atomic mass is 32.2. The van der Waals surface area contributed by atoms with E-state index in [2.05, 4.69) is 31.1 Å². The van der Waals surface area contributed by atoms with E-state index in [9.17, 15) is 14.4 Å². The number of benzene rings is 3. The van der Waals surface area contributed by atoms with E-state index in [-0.39, 0.29) is 16.9 Å². The third kappa shape index (κ3) is 7.07. The van der Waals surface area contributed by atoms with E-state index in [0.29, 0.717) is 16.4 Å². The molecule has 1 unspecified atom stereocenters. The Morgan fingerprint density at radius 2 is 1.66 bits per heavy atom. The number of para-hydroxylation sites is 1. The number of aromatic nitrogens is 3. The monoisotopic (exact) mass is 582 g/mol. The zero-order chi connectivity index (χ0) is 28.8. The molecule has 0 fully saturated rings. The summed E-state index contributed by atoms with van der Waals surface area (Å²) in [5.74, 6) is -1.04. The van der Waals surface area contributed by atoms with Crippen molar-refractivity contribution >= 4 is 68.6 Å². The predicted octanol–water partition coefficient (Wildman–Crippen LogP) is 5.86. The second-order valence-electron chi connectivity index (χ2n) is 9.02. The van der Waals surface area contributed by atoms with Gasteiger partial charge in [0.05, 0.1) is 5.25 Å². The highest BCUT2D eigenvalue weighted by Gasteiger charge is 2.18. The molecule has 4 N–H and O–H groups in total. The molecule has 41 heavy (non-hydrogen) atoms. The van der Waals surface area contributed by atoms with Crippen molar-refractivity contribution in [2.24, 2.45) is 0 Å². The molecule has 0 aliphatic carbocycles. The highest BCUT2D eigenvalue weighted by molar-refractivity contribution is 8.00. The second-order valence-corrected chi connectivity index (χ2v) is 11.6. The first-order chi connectivity index (χ1) is 19.9. The highest BCUT2D eigenvalue weighted by Crippen LogP contribution is 2.27. The topological polar surface area (TPSA) is 129 Å². The van der Waals surface area contributed by atoms with Gasteiger partial charge in [0.15, 0.2) is 0 Å². The molecule has 3 amide bonds. The minimum absolute atomic E-state index is 0.0965. The van der Waals surface area contributed by atoms with Gasteiger partial charge in [0.2, 0.25) is 11.0 Å². The molecule has 0 radical (unpaired) electrons. The molecule has 206 valence electrons. The Labute approximate surface area is 244 Å². The van der Waals surface area contributed by atoms with Crippen molar-refractivity contribution in [2.75, 3.05) is 10.6 Å². The lowest BCUT2D eigenvalue weighted by molar-refractivity contribution is -0.115. The SMILES string of the molecule is Cc1nnc(NC(=O)C(C)Sc2ccc(NC(=O)/C(=C/c3c[nH]c4ccccc34)NC(=O)c3ccccc3)cc2)s1. The van der Waals surface area contributed by atoms with Crippen molar-refractivity contribution in [1.82, 2.24) is 20.5 Å². The van der Waals surface area contributed by atoms with Gasteiger partial charge >= 0.3 is 0 Å². The fourth-order valence-electron chi connectivity index (χ4n) is 3.94. The van der Waals surface area contributed by atoms with E-state index in [1.165, 1.54) is 23.1 Å². The first-order valence-corrected chi connectivity index (χ1v) is 14.4. The number of hydrogen-bond donors (Lipinski definition) is 4. The van der Waals surface area contributed by atoms with Gasteiger partial charge in [0.1, 0.15) is 10.7 Å². The zero-order valence-corrected chi connectivity index (χ0v) is 23.8. The third-order valence-corrected chi connectivity index (χ3v) is 7.87. The van der Waals surface area contributed by atoms with Crippen LogP contribution in [0.25, 0.3) is 17.0 Å². The Kier molecular flexibility index (Phi) is 8.56. The average molecular weight is 583 g/mol. The van der Waals surface area contributed by atoms with Crippen molar-refractivity contribution in [3.63, 3.8) is 0 Å². The molecular weight excluding hydrogens is 557 g/mol. The molecule has 9 nitrogen and oxygen atoms in total. The summed E-state index contributed by atoms with van der Waals surface area (Å²) < 4.78 is 0. The van der Waals surface area contributed by atoms with Gasteiger partial charge in [-0.05, 0) is 62.4 Å². The molecule has 2 heterocycles. The van der Waals surface area contributed by atoms with Gasteiger partial charge in [0, 0.05) is 38.8 Å². The average Bonchev–Trinajstić information content (AvgIpc) is 3.59. The summed E-state index contributed by atoms with van der Waals surface area (Å²) in [6, 6.07) is 23.6. The minimum Gasteiger partial charge on any atom is -0.361 e. The molecule has 0 aliphatic rings. The van der Waals surface area contributed by atoms with Crippen LogP contribution < -0.4 is 16.0 Å². The molecule has 0 saturated carbocycles. The van der Waals surface area contributed by atoms with Crippen LogP contribution in [0.1, 0.15) is 27.9 Å². The Bertz CT molecular complexity index is 1730. The van der Waals surface area contributed by atoms with Crippen molar-refractivity contribution in [3.8, 4) is 0 Å². The summed E-state index contributed by atoms with van der Waals surface area (Å²) >= 11 is 2.70. The molecule has 5 aromatic rings. The maximum Gasteiger partial charge on any atom is 0.272 e. The summed E-state index contributed by atoms with van der Waals surface area (Å²) in [5.41, 5.74) is 2.76. The quantitative estimate of drug-likeness (QED) is 0.127. The first-order valence-electron chi connectivity index (χ1n) is 12.7. The summed E-state index contributed by atoms with van der Waals surface area (Å²) in [6.45, 7) is 3.63. The van der Waals surface area contributed by atoms with Gasteiger partial charge in [-0.1, -0.05) is 47.7 Å². The van der Waals surface area contributed by atoms with Gasteiger partial charge < -0.3 is 15.6 Å². The predicted molar refractivity (Wildman–Crippen MR) is 164 cm³/mol. The van der Waals surface area contributed by atoms with Crippen LogP contribution in [0.2, 0.25) is 0 Å². The van der Waals surface area contributed by atoms with Crippen LogP contribution in [0.5, 0.6) is 0 Å². The van der Waals surface area contributed by atoms with Crippen molar-refractivity contribution in [2.45, 2.75) is 24.0 Å². The Morgan fingerprint density at radius 1 is 0.927 bits per heavy atom. The Balaban J connectivity index is 1.29. The molecular formula is C30H26N6O3S2. The number of aryl methyl sites for hydroxylation is 1. The fraction of sp³-hybridized carbons (Fsp3) is 0.100. The number of carbonyl (C=O) groups excluding carboxylic acids is 3. The molecule has 3 aromatic carbocycles. The maximum absolute atomic E-state index is 13.4. The number of carbonyl (C=O) groups is 3. The Morgan fingerprint density at radius 3 is 2.39 bits per heavy atom. The first kappa shape index (κ1) is 27.8. The van der Waals surface area contributed by atoms with Crippen LogP contribution in [0.4, 0.5) is 10.8 Å². The number of rotatable bonds is 9. The number of aromatic amines is 1. The number of thioether (sulfide) groups is 1. The number of hydrogen-bond acceptors (Lipinski definition) is 7. The van der Waals surface area contributed by atoms with E-state index in [4.69, 9.17) is 0 Å². The number of anilines is 2. The maximum atomic E-state index is 13.4. The van der Waals surface area contributed by atoms with E-state index in [1.54, 1.807) is 55.6 Å². The molecule has 0 spiro atoms. The van der Waals surface area contributed by atoms with Crippen molar-refractivity contribution in [3.05, 3.63) is 107 Å². The van der Waals surface area contributed by atoms with Crippen molar-refractivity contribution in [1.29, 1.82) is 0 Å². The number of nitrogens with one attached hydrogen (secondary N) is 4. The summed E-state index contributed by atoms with van der Waals surface area (Å²) in [6.07, 6.45) is 3.45. The summed E-state index contributed by atoms with van der Waals surface area (Å²) in [4.78, 5) is 42.9. The standard InChI is InChI=1S/C30H26N6O3S2/c1-18(27(37)34-30-36-35-19(2)41-30)40-23-14-12-22(13-15-23)32-29(39)26(33-28(38)20-8-4-3-5-9-20)16-21-17-31-25-11-7-6-10-24(21)25/h3-18,31H,1-2H3,(H,32,39)(H,33,38)(H,34,36,37)/b26-16-. The van der Waals surface area contributed by atoms with Crippen LogP contribution >= 0.6 is 23.1 Å². The zero-order valence-electron chi connectivity index (χ0n) is 22.2. The van der Waals surface area contributed by atoms with Gasteiger partial charge in [0.25, 0.3) is 11.8 Å². The van der Waals surface area contributed by atoms with E-state index in [1.807, 2.05) is 49.4 Å². The van der Waals surface area contributed by atoms with Crippen LogP contribution in [-0.2, 0) is 9.59 Å². The van der Waals surface area contributed by atoms with Crippen LogP contribution in [-0.4, -0.2) is 38.2 Å². The largest absolute Gasteiger partial charge is 0.361 e. The fourth-order valence-corrected chi connectivity index (χ4v) is 5.40. The second kappa shape index (κ2) is 12.6. The molecule has 2 aromatic heterocycles. The van der Waals surface area contributed by atoms with Gasteiger partial charge in [-0.2, -0.15) is 0 Å². The molecule has 0 saturated heterocycles. The molecule has 0 aliphatic heterocycles. The number of H-pyrrole nitrogens is 1. The van der Waals surface area contributed by atoms with E-state index >= 15 is 0 Å². The molecule has 5 rings (SSSR count). The van der Waals surface area contributed by atoms with Gasteiger partial charge in [-0.3, -0.25) is 19.7 Å². The Hall–Kier alpha value is -4.74. The lowest BCUT2D eigenvalue weighted by Gasteiger charge is -2.13. The normalized spacial score (nSPS) is 12.1.